The molecule has 3 heteroatoms. The molecule has 0 N–H and O–H groups in total. The Balaban J connectivity index is 1.09. The lowest BCUT2D eigenvalue weighted by molar-refractivity contribution is 0.447. The van der Waals surface area contributed by atoms with Crippen molar-refractivity contribution in [1.29, 1.82) is 0 Å². The lowest BCUT2D eigenvalue weighted by Gasteiger charge is -2.41. The van der Waals surface area contributed by atoms with Crippen LogP contribution < -0.4 is 4.74 Å². The molecule has 2 heterocycles. The zero-order chi connectivity index (χ0) is 38.2. The van der Waals surface area contributed by atoms with Crippen molar-refractivity contribution in [3.05, 3.63) is 229 Å². The number of fused-ring (bicyclic) bond motifs is 13. The third kappa shape index (κ3) is 4.74. The average molecular weight is 739 g/mol. The fraction of sp³-hybridized carbons (Fsp3) is 0.0182. The molecule has 0 radical (unpaired) electrons. The molecule has 1 aliphatic carbocycles. The monoisotopic (exact) mass is 738 g/mol. The normalized spacial score (nSPS) is 13.1. The van der Waals surface area contributed by atoms with Crippen LogP contribution in [-0.4, -0.2) is 9.97 Å². The third-order valence-electron chi connectivity index (χ3n) is 12.2. The summed E-state index contributed by atoms with van der Waals surface area (Å²) in [6, 6.07) is 73.7. The highest BCUT2D eigenvalue weighted by Crippen LogP contribution is 2.65. The first-order chi connectivity index (χ1) is 28.8. The van der Waals surface area contributed by atoms with Gasteiger partial charge in [0.15, 0.2) is 5.82 Å². The third-order valence-corrected chi connectivity index (χ3v) is 12.2. The van der Waals surface area contributed by atoms with Crippen LogP contribution in [-0.2, 0) is 5.41 Å². The first kappa shape index (κ1) is 32.6. The van der Waals surface area contributed by atoms with E-state index in [1.807, 2.05) is 24.3 Å². The number of hydrogen-bond donors (Lipinski definition) is 0. The molecule has 0 saturated carbocycles. The minimum atomic E-state index is -0.639. The van der Waals surface area contributed by atoms with Crippen LogP contribution in [0.1, 0.15) is 22.3 Å². The van der Waals surface area contributed by atoms with Crippen molar-refractivity contribution in [3.63, 3.8) is 0 Å². The maximum atomic E-state index is 7.20. The molecular weight excluding hydrogens is 705 g/mol. The summed E-state index contributed by atoms with van der Waals surface area (Å²) < 4.78 is 7.20. The van der Waals surface area contributed by atoms with E-state index in [1.165, 1.54) is 27.8 Å². The van der Waals surface area contributed by atoms with Gasteiger partial charge in [0.1, 0.15) is 11.5 Å². The van der Waals surface area contributed by atoms with E-state index in [9.17, 15) is 0 Å². The summed E-state index contributed by atoms with van der Waals surface area (Å²) in [6.45, 7) is 0. The van der Waals surface area contributed by atoms with Crippen LogP contribution in [0.15, 0.2) is 206 Å². The summed E-state index contributed by atoms with van der Waals surface area (Å²) in [5.74, 6) is 2.54. The molecule has 0 amide bonds. The van der Waals surface area contributed by atoms with Crippen LogP contribution in [0, 0.1) is 0 Å². The van der Waals surface area contributed by atoms with Gasteiger partial charge in [-0.05, 0) is 50.2 Å². The van der Waals surface area contributed by atoms with Crippen molar-refractivity contribution < 1.29 is 4.74 Å². The van der Waals surface area contributed by atoms with Gasteiger partial charge in [-0.1, -0.05) is 200 Å². The topological polar surface area (TPSA) is 35.0 Å². The Kier molecular flexibility index (Phi) is 7.14. The molecule has 9 aromatic carbocycles. The number of benzene rings is 9. The quantitative estimate of drug-likeness (QED) is 0.180. The standard InChI is InChI=1S/C55H34N2O/c1-3-16-38(17-4-1)49-34-50(57-54(56-49)40-18-5-2-6-19-40)39-28-26-37(27-29-39)41-23-13-24-45-44-22-11-12-25-46(44)55(51(41)45)47-32-30-35-14-7-9-20-42(35)52(47)58-53-43-21-10-8-15-36(43)31-33-48(53)55/h1-34H. The van der Waals surface area contributed by atoms with Gasteiger partial charge in [0.05, 0.1) is 16.8 Å². The molecule has 2 aliphatic rings. The molecule has 1 aromatic heterocycles. The van der Waals surface area contributed by atoms with Gasteiger partial charge < -0.3 is 4.74 Å². The van der Waals surface area contributed by atoms with Crippen molar-refractivity contribution in [2.24, 2.45) is 0 Å². The summed E-state index contributed by atoms with van der Waals surface area (Å²) in [5.41, 5.74) is 13.9. The molecule has 0 fully saturated rings. The highest BCUT2D eigenvalue weighted by atomic mass is 16.5. The second-order valence-corrected chi connectivity index (χ2v) is 15.2. The lowest BCUT2D eigenvalue weighted by Crippen LogP contribution is -2.33. The van der Waals surface area contributed by atoms with Crippen LogP contribution in [0.25, 0.3) is 77.7 Å². The first-order valence-electron chi connectivity index (χ1n) is 19.8. The molecular formula is C55H34N2O. The van der Waals surface area contributed by atoms with Gasteiger partial charge in [-0.15, -0.1) is 0 Å². The van der Waals surface area contributed by atoms with Crippen LogP contribution in [0.2, 0.25) is 0 Å². The maximum absolute atomic E-state index is 7.20. The smallest absolute Gasteiger partial charge is 0.160 e. The Bertz CT molecular complexity index is 3100. The Morgan fingerprint density at radius 3 is 1.50 bits per heavy atom. The highest BCUT2D eigenvalue weighted by molar-refractivity contribution is 6.01. The number of nitrogens with zero attached hydrogens (tertiary/aromatic N) is 2. The van der Waals surface area contributed by atoms with Gasteiger partial charge >= 0.3 is 0 Å². The second kappa shape index (κ2) is 12.7. The molecule has 10 aromatic rings. The minimum absolute atomic E-state index is 0.639. The summed E-state index contributed by atoms with van der Waals surface area (Å²) in [6.07, 6.45) is 0. The molecule has 270 valence electrons. The van der Waals surface area contributed by atoms with E-state index in [4.69, 9.17) is 14.7 Å². The van der Waals surface area contributed by atoms with Crippen LogP contribution in [0.3, 0.4) is 0 Å². The number of ether oxygens (including phenoxy) is 1. The molecule has 0 saturated heterocycles. The van der Waals surface area contributed by atoms with Gasteiger partial charge in [0.25, 0.3) is 0 Å². The van der Waals surface area contributed by atoms with E-state index in [0.29, 0.717) is 5.82 Å². The predicted octanol–water partition coefficient (Wildman–Crippen LogP) is 13.9. The Morgan fingerprint density at radius 2 is 0.845 bits per heavy atom. The predicted molar refractivity (Wildman–Crippen MR) is 236 cm³/mol. The largest absolute Gasteiger partial charge is 0.455 e. The van der Waals surface area contributed by atoms with Crippen molar-refractivity contribution >= 4 is 21.5 Å². The van der Waals surface area contributed by atoms with Crippen LogP contribution in [0.4, 0.5) is 0 Å². The fourth-order valence-electron chi connectivity index (χ4n) is 9.59. The Labute approximate surface area is 336 Å². The molecule has 0 bridgehead atoms. The van der Waals surface area contributed by atoms with Crippen molar-refractivity contribution in [1.82, 2.24) is 9.97 Å². The van der Waals surface area contributed by atoms with E-state index in [1.54, 1.807) is 0 Å². The maximum Gasteiger partial charge on any atom is 0.160 e. The number of aromatic nitrogens is 2. The molecule has 12 rings (SSSR count). The SMILES string of the molecule is c1ccc(-c2cc(-c3ccc(-c4cccc5c4C4(c6ccccc6-5)c5ccc6ccccc6c5Oc5c4ccc4ccccc54)cc3)nc(-c3ccccc3)n2)cc1. The van der Waals surface area contributed by atoms with E-state index >= 15 is 0 Å². The van der Waals surface area contributed by atoms with E-state index in [0.717, 1.165) is 77.8 Å². The lowest BCUT2D eigenvalue weighted by atomic mass is 9.64. The van der Waals surface area contributed by atoms with Crippen LogP contribution >= 0.6 is 0 Å². The molecule has 1 spiro atoms. The average Bonchev–Trinajstić information content (AvgIpc) is 3.60. The number of rotatable bonds is 4. The van der Waals surface area contributed by atoms with Gasteiger partial charge in [0.2, 0.25) is 0 Å². The second-order valence-electron chi connectivity index (χ2n) is 15.2. The van der Waals surface area contributed by atoms with Crippen LogP contribution in [0.5, 0.6) is 11.5 Å². The zero-order valence-corrected chi connectivity index (χ0v) is 31.4. The van der Waals surface area contributed by atoms with E-state index < -0.39 is 5.41 Å². The van der Waals surface area contributed by atoms with E-state index in [-0.39, 0.29) is 0 Å². The zero-order valence-electron chi connectivity index (χ0n) is 31.4. The van der Waals surface area contributed by atoms with Crippen molar-refractivity contribution in [2.75, 3.05) is 0 Å². The summed E-state index contributed by atoms with van der Waals surface area (Å²) in [5, 5.41) is 4.54. The highest BCUT2D eigenvalue weighted by Gasteiger charge is 2.53. The molecule has 1 aliphatic heterocycles. The Hall–Kier alpha value is -7.62. The van der Waals surface area contributed by atoms with Gasteiger partial charge in [-0.3, -0.25) is 0 Å². The summed E-state index contributed by atoms with van der Waals surface area (Å²) in [7, 11) is 0. The fourth-order valence-corrected chi connectivity index (χ4v) is 9.59. The molecule has 58 heavy (non-hydrogen) atoms. The molecule has 0 unspecified atom stereocenters. The number of hydrogen-bond acceptors (Lipinski definition) is 3. The van der Waals surface area contributed by atoms with Crippen molar-refractivity contribution in [2.45, 2.75) is 5.41 Å². The van der Waals surface area contributed by atoms with Gasteiger partial charge in [-0.2, -0.15) is 0 Å². The van der Waals surface area contributed by atoms with Gasteiger partial charge in [-0.25, -0.2) is 9.97 Å². The molecule has 0 atom stereocenters. The Morgan fingerprint density at radius 1 is 0.345 bits per heavy atom. The van der Waals surface area contributed by atoms with Gasteiger partial charge in [0, 0.05) is 38.6 Å². The molecule has 3 nitrogen and oxygen atoms in total. The first-order valence-corrected chi connectivity index (χ1v) is 19.8. The van der Waals surface area contributed by atoms with Crippen molar-refractivity contribution in [3.8, 4) is 67.7 Å². The summed E-state index contributed by atoms with van der Waals surface area (Å²) in [4.78, 5) is 10.2. The summed E-state index contributed by atoms with van der Waals surface area (Å²) >= 11 is 0. The minimum Gasteiger partial charge on any atom is -0.455 e. The van der Waals surface area contributed by atoms with E-state index in [2.05, 4.69) is 182 Å².